The van der Waals surface area contributed by atoms with Crippen LogP contribution in [0, 0.1) is 0 Å². The number of hydrogen-bond acceptors (Lipinski definition) is 1. The van der Waals surface area contributed by atoms with Crippen LogP contribution in [0.2, 0.25) is 10.0 Å². The van der Waals surface area contributed by atoms with Crippen molar-refractivity contribution in [2.75, 3.05) is 5.32 Å². The first-order valence-corrected chi connectivity index (χ1v) is 7.02. The third-order valence-electron chi connectivity index (χ3n) is 3.52. The summed E-state index contributed by atoms with van der Waals surface area (Å²) in [6.07, 6.45) is -3.89. The zero-order valence-electron chi connectivity index (χ0n) is 10.6. The second-order valence-corrected chi connectivity index (χ2v) is 5.78. The highest BCUT2D eigenvalue weighted by molar-refractivity contribution is 6.33. The van der Waals surface area contributed by atoms with E-state index in [1.807, 2.05) is 0 Å². The van der Waals surface area contributed by atoms with Crippen molar-refractivity contribution < 1.29 is 13.2 Å². The molecule has 0 fully saturated rings. The number of nitrogens with one attached hydrogen (secondary N) is 1. The Kier molecular flexibility index (Phi) is 3.54. The largest absolute Gasteiger partial charge is 0.416 e. The van der Waals surface area contributed by atoms with Gasteiger partial charge in [-0.2, -0.15) is 13.2 Å². The van der Waals surface area contributed by atoms with Crippen molar-refractivity contribution in [2.24, 2.45) is 0 Å². The van der Waals surface area contributed by atoms with Crippen molar-refractivity contribution >= 4 is 28.9 Å². The molecule has 0 saturated heterocycles. The van der Waals surface area contributed by atoms with Crippen LogP contribution in [0.15, 0.2) is 36.4 Å². The second kappa shape index (κ2) is 5.11. The Labute approximate surface area is 129 Å². The lowest BCUT2D eigenvalue weighted by Gasteiger charge is -2.13. The highest BCUT2D eigenvalue weighted by Gasteiger charge is 2.33. The lowest BCUT2D eigenvalue weighted by atomic mass is 10.0. The molecule has 110 valence electrons. The van der Waals surface area contributed by atoms with Crippen LogP contribution in [0.3, 0.4) is 0 Å². The summed E-state index contributed by atoms with van der Waals surface area (Å²) in [5, 5.41) is 4.27. The van der Waals surface area contributed by atoms with Gasteiger partial charge >= 0.3 is 6.18 Å². The van der Waals surface area contributed by atoms with E-state index in [1.165, 1.54) is 12.1 Å². The minimum absolute atomic E-state index is 0.172. The summed E-state index contributed by atoms with van der Waals surface area (Å²) < 4.78 is 38.2. The monoisotopic (exact) mass is 331 g/mol. The van der Waals surface area contributed by atoms with E-state index in [0.29, 0.717) is 27.7 Å². The molecule has 1 unspecified atom stereocenters. The molecule has 21 heavy (non-hydrogen) atoms. The fraction of sp³-hybridized carbons (Fsp3) is 0.200. The number of fused-ring (bicyclic) bond motifs is 1. The molecule has 0 spiro atoms. The fourth-order valence-electron chi connectivity index (χ4n) is 2.51. The molecule has 0 aromatic heterocycles. The smallest absolute Gasteiger partial charge is 0.378 e. The van der Waals surface area contributed by atoms with Gasteiger partial charge in [-0.25, -0.2) is 0 Å². The van der Waals surface area contributed by atoms with E-state index in [4.69, 9.17) is 23.2 Å². The summed E-state index contributed by atoms with van der Waals surface area (Å²) in [6, 6.07) is 8.64. The third kappa shape index (κ3) is 2.83. The summed E-state index contributed by atoms with van der Waals surface area (Å²) in [6.45, 7) is 0. The van der Waals surface area contributed by atoms with Crippen LogP contribution in [-0.4, -0.2) is 0 Å². The average molecular weight is 332 g/mol. The van der Waals surface area contributed by atoms with E-state index in [2.05, 4.69) is 5.32 Å². The van der Waals surface area contributed by atoms with Gasteiger partial charge in [0.1, 0.15) is 0 Å². The third-order valence-corrected chi connectivity index (χ3v) is 4.10. The molecular formula is C15H10Cl2F3N. The van der Waals surface area contributed by atoms with Crippen LogP contribution in [0.4, 0.5) is 18.9 Å². The summed E-state index contributed by atoms with van der Waals surface area (Å²) in [7, 11) is 0. The molecule has 0 bridgehead atoms. The Hall–Kier alpha value is -1.39. The fourth-order valence-corrected chi connectivity index (χ4v) is 2.94. The Morgan fingerprint density at radius 2 is 1.81 bits per heavy atom. The van der Waals surface area contributed by atoms with Gasteiger partial charge in [0, 0.05) is 15.7 Å². The van der Waals surface area contributed by atoms with Crippen LogP contribution in [0.25, 0.3) is 0 Å². The van der Waals surface area contributed by atoms with Gasteiger partial charge in [-0.3, -0.25) is 0 Å². The highest BCUT2D eigenvalue weighted by Crippen LogP contribution is 2.40. The molecule has 0 amide bonds. The maximum atomic E-state index is 12.7. The number of halogens is 5. The van der Waals surface area contributed by atoms with Crippen molar-refractivity contribution in [3.8, 4) is 0 Å². The number of rotatable bonds is 1. The molecule has 0 saturated carbocycles. The first-order chi connectivity index (χ1) is 9.84. The molecular weight excluding hydrogens is 322 g/mol. The minimum atomic E-state index is -4.33. The number of anilines is 1. The molecule has 1 heterocycles. The Bertz CT molecular complexity index is 698. The van der Waals surface area contributed by atoms with Gasteiger partial charge in [0.25, 0.3) is 0 Å². The van der Waals surface area contributed by atoms with Gasteiger partial charge in [-0.15, -0.1) is 0 Å². The maximum absolute atomic E-state index is 12.7. The molecule has 0 aliphatic carbocycles. The number of hydrogen-bond donors (Lipinski definition) is 1. The summed E-state index contributed by atoms with van der Waals surface area (Å²) in [5.74, 6) is 0. The summed E-state index contributed by atoms with van der Waals surface area (Å²) >= 11 is 12.1. The average Bonchev–Trinajstić information content (AvgIpc) is 2.83. The van der Waals surface area contributed by atoms with Crippen LogP contribution < -0.4 is 5.32 Å². The molecule has 6 heteroatoms. The van der Waals surface area contributed by atoms with E-state index >= 15 is 0 Å². The van der Waals surface area contributed by atoms with E-state index in [0.717, 1.165) is 11.6 Å². The van der Waals surface area contributed by atoms with Gasteiger partial charge in [-0.05, 0) is 53.9 Å². The van der Waals surface area contributed by atoms with Crippen LogP contribution in [0.1, 0.15) is 22.7 Å². The summed E-state index contributed by atoms with van der Waals surface area (Å²) in [5.41, 5.74) is 1.48. The normalized spacial score (nSPS) is 17.5. The molecule has 3 rings (SSSR count). The SMILES string of the molecule is FC(F)(F)c1ccc2c(c1)CC(c1cc(Cl)ccc1Cl)N2. The Morgan fingerprint density at radius 3 is 2.52 bits per heavy atom. The van der Waals surface area contributed by atoms with Crippen molar-refractivity contribution in [1.29, 1.82) is 0 Å². The predicted octanol–water partition coefficient (Wildman–Crippen LogP) is 5.72. The molecule has 1 aliphatic rings. The van der Waals surface area contributed by atoms with Crippen molar-refractivity contribution in [2.45, 2.75) is 18.6 Å². The Morgan fingerprint density at radius 1 is 1.05 bits per heavy atom. The second-order valence-electron chi connectivity index (χ2n) is 4.94. The van der Waals surface area contributed by atoms with Crippen LogP contribution in [0.5, 0.6) is 0 Å². The van der Waals surface area contributed by atoms with Crippen molar-refractivity contribution in [3.63, 3.8) is 0 Å². The van der Waals surface area contributed by atoms with Crippen molar-refractivity contribution in [1.82, 2.24) is 0 Å². The topological polar surface area (TPSA) is 12.0 Å². The number of benzene rings is 2. The summed E-state index contributed by atoms with van der Waals surface area (Å²) in [4.78, 5) is 0. The van der Waals surface area contributed by atoms with Crippen molar-refractivity contribution in [3.05, 3.63) is 63.1 Å². The molecule has 2 aromatic rings. The molecule has 1 N–H and O–H groups in total. The van der Waals surface area contributed by atoms with Crippen LogP contribution in [-0.2, 0) is 12.6 Å². The van der Waals surface area contributed by atoms with Gasteiger partial charge in [0.15, 0.2) is 0 Å². The quantitative estimate of drug-likeness (QED) is 0.704. The highest BCUT2D eigenvalue weighted by atomic mass is 35.5. The van der Waals surface area contributed by atoms with Gasteiger partial charge < -0.3 is 5.32 Å². The van der Waals surface area contributed by atoms with E-state index < -0.39 is 11.7 Å². The Balaban J connectivity index is 1.93. The lowest BCUT2D eigenvalue weighted by molar-refractivity contribution is -0.137. The molecule has 2 aromatic carbocycles. The first kappa shape index (κ1) is 14.5. The van der Waals surface area contributed by atoms with Gasteiger partial charge in [0.2, 0.25) is 0 Å². The minimum Gasteiger partial charge on any atom is -0.378 e. The molecule has 1 aliphatic heterocycles. The van der Waals surface area contributed by atoms with Gasteiger partial charge in [-0.1, -0.05) is 23.2 Å². The van der Waals surface area contributed by atoms with E-state index in [9.17, 15) is 13.2 Å². The predicted molar refractivity (Wildman–Crippen MR) is 78.0 cm³/mol. The van der Waals surface area contributed by atoms with Crippen LogP contribution >= 0.6 is 23.2 Å². The van der Waals surface area contributed by atoms with E-state index in [1.54, 1.807) is 18.2 Å². The molecule has 0 radical (unpaired) electrons. The van der Waals surface area contributed by atoms with Gasteiger partial charge in [0.05, 0.1) is 11.6 Å². The van der Waals surface area contributed by atoms with E-state index in [-0.39, 0.29) is 6.04 Å². The lowest BCUT2D eigenvalue weighted by Crippen LogP contribution is -2.06. The zero-order valence-corrected chi connectivity index (χ0v) is 12.2. The molecule has 1 atom stereocenters. The number of alkyl halides is 3. The maximum Gasteiger partial charge on any atom is 0.416 e. The standard InChI is InChI=1S/C15H10Cl2F3N/c16-10-2-3-12(17)11(7-10)14-6-8-5-9(15(18,19)20)1-4-13(8)21-14/h1-5,7,14,21H,6H2. The first-order valence-electron chi connectivity index (χ1n) is 6.26. The molecule has 1 nitrogen and oxygen atoms in total. The zero-order chi connectivity index (χ0) is 15.2.